The molecule has 0 aliphatic rings. The maximum Gasteiger partial charge on any atom is 0.267 e. The first-order chi connectivity index (χ1) is 9.87. The number of nitrogens with one attached hydrogen (secondary N) is 1. The van der Waals surface area contributed by atoms with E-state index in [1.54, 1.807) is 12.3 Å². The van der Waals surface area contributed by atoms with E-state index in [2.05, 4.69) is 9.71 Å². The number of anilines is 1. The fourth-order valence-corrected chi connectivity index (χ4v) is 4.23. The third-order valence-electron chi connectivity index (χ3n) is 2.65. The van der Waals surface area contributed by atoms with Gasteiger partial charge in [-0.05, 0) is 19.1 Å². The summed E-state index contributed by atoms with van der Waals surface area (Å²) in [6.07, 6.45) is 1.59. The van der Waals surface area contributed by atoms with Crippen LogP contribution in [0.3, 0.4) is 0 Å². The van der Waals surface area contributed by atoms with Crippen LogP contribution in [-0.2, 0) is 16.6 Å². The largest absolute Gasteiger partial charge is 0.495 e. The summed E-state index contributed by atoms with van der Waals surface area (Å²) in [7, 11) is -2.48. The van der Waals surface area contributed by atoms with E-state index < -0.39 is 10.0 Å². The Bertz CT molecular complexity index is 759. The first-order valence-electron chi connectivity index (χ1n) is 5.89. The molecule has 0 bridgehead atoms. The van der Waals surface area contributed by atoms with Gasteiger partial charge in [0.25, 0.3) is 10.0 Å². The van der Waals surface area contributed by atoms with Gasteiger partial charge in [0.05, 0.1) is 7.11 Å². The van der Waals surface area contributed by atoms with E-state index in [0.29, 0.717) is 5.56 Å². The molecule has 0 saturated heterocycles. The molecule has 2 aromatic rings. The van der Waals surface area contributed by atoms with E-state index in [1.807, 2.05) is 6.92 Å². The fraction of sp³-hybridized carbons (Fsp3) is 0.250. The van der Waals surface area contributed by atoms with Gasteiger partial charge in [-0.15, -0.1) is 11.3 Å². The molecule has 0 radical (unpaired) electrons. The molecule has 1 heterocycles. The average Bonchev–Trinajstić information content (AvgIpc) is 2.82. The lowest BCUT2D eigenvalue weighted by Gasteiger charge is -2.14. The minimum atomic E-state index is -3.86. The number of methoxy groups -OCH3 is 1. The zero-order valence-corrected chi connectivity index (χ0v) is 13.8. The van der Waals surface area contributed by atoms with Gasteiger partial charge in [-0.2, -0.15) is 0 Å². The average molecular weight is 348 g/mol. The van der Waals surface area contributed by atoms with Crippen LogP contribution in [0.25, 0.3) is 0 Å². The normalized spacial score (nSPS) is 11.4. The minimum absolute atomic E-state index is 0.0641. The second kappa shape index (κ2) is 6.18. The monoisotopic (exact) mass is 347 g/mol. The standard InChI is InChI=1S/C12H14ClN3O3S2/c1-7-6-15-12(20-7)16-21(17,18)10-4-9(13)3-8(5-14)11(10)19-2/h3-4,6H,5,14H2,1-2H3,(H,15,16). The Morgan fingerprint density at radius 1 is 1.48 bits per heavy atom. The van der Waals surface area contributed by atoms with Gasteiger partial charge in [-0.1, -0.05) is 11.6 Å². The van der Waals surface area contributed by atoms with Gasteiger partial charge < -0.3 is 10.5 Å². The second-order valence-corrected chi connectivity index (χ2v) is 7.50. The highest BCUT2D eigenvalue weighted by Crippen LogP contribution is 2.33. The summed E-state index contributed by atoms with van der Waals surface area (Å²) in [5, 5.41) is 0.552. The summed E-state index contributed by atoms with van der Waals surface area (Å²) in [6, 6.07) is 2.90. The Morgan fingerprint density at radius 2 is 2.19 bits per heavy atom. The number of hydrogen-bond acceptors (Lipinski definition) is 6. The molecule has 1 aromatic carbocycles. The molecule has 21 heavy (non-hydrogen) atoms. The van der Waals surface area contributed by atoms with Crippen LogP contribution in [0.4, 0.5) is 5.13 Å². The van der Waals surface area contributed by atoms with Gasteiger partial charge in [0.15, 0.2) is 5.13 Å². The Labute approximate surface area is 132 Å². The predicted molar refractivity (Wildman–Crippen MR) is 83.6 cm³/mol. The SMILES string of the molecule is COc1c(CN)cc(Cl)cc1S(=O)(=O)Nc1ncc(C)s1. The predicted octanol–water partition coefficient (Wildman–Crippen LogP) is 2.37. The van der Waals surface area contributed by atoms with Crippen LogP contribution in [0, 0.1) is 6.92 Å². The molecule has 0 aliphatic heterocycles. The van der Waals surface area contributed by atoms with Crippen molar-refractivity contribution in [3.05, 3.63) is 33.8 Å². The summed E-state index contributed by atoms with van der Waals surface area (Å²) in [6.45, 7) is 1.95. The van der Waals surface area contributed by atoms with Gasteiger partial charge in [0, 0.05) is 28.2 Å². The number of benzene rings is 1. The van der Waals surface area contributed by atoms with Crippen molar-refractivity contribution in [2.45, 2.75) is 18.4 Å². The van der Waals surface area contributed by atoms with E-state index in [0.717, 1.165) is 4.88 Å². The Hall–Kier alpha value is -1.35. The maximum atomic E-state index is 12.5. The van der Waals surface area contributed by atoms with Crippen molar-refractivity contribution in [2.24, 2.45) is 5.73 Å². The Balaban J connectivity index is 2.51. The highest BCUT2D eigenvalue weighted by Gasteiger charge is 2.23. The van der Waals surface area contributed by atoms with Gasteiger partial charge in [0.1, 0.15) is 10.6 Å². The van der Waals surface area contributed by atoms with Crippen LogP contribution in [0.5, 0.6) is 5.75 Å². The fourth-order valence-electron chi connectivity index (χ4n) is 1.78. The highest BCUT2D eigenvalue weighted by molar-refractivity contribution is 7.93. The topological polar surface area (TPSA) is 94.3 Å². The van der Waals surface area contributed by atoms with E-state index >= 15 is 0 Å². The van der Waals surface area contributed by atoms with Crippen molar-refractivity contribution < 1.29 is 13.2 Å². The number of hydrogen-bond donors (Lipinski definition) is 2. The summed E-state index contributed by atoms with van der Waals surface area (Å²) in [5.41, 5.74) is 6.11. The smallest absolute Gasteiger partial charge is 0.267 e. The number of ether oxygens (including phenoxy) is 1. The van der Waals surface area contributed by atoms with Crippen LogP contribution in [0.2, 0.25) is 5.02 Å². The van der Waals surface area contributed by atoms with E-state index in [-0.39, 0.29) is 27.3 Å². The van der Waals surface area contributed by atoms with Crippen LogP contribution in [0.15, 0.2) is 23.2 Å². The van der Waals surface area contributed by atoms with Crippen molar-refractivity contribution in [2.75, 3.05) is 11.8 Å². The summed E-state index contributed by atoms with van der Waals surface area (Å²) in [5.74, 6) is 0.183. The third kappa shape index (κ3) is 3.46. The summed E-state index contributed by atoms with van der Waals surface area (Å²) < 4.78 is 32.6. The Kier molecular flexibility index (Phi) is 4.72. The van der Waals surface area contributed by atoms with Crippen molar-refractivity contribution >= 4 is 38.1 Å². The zero-order chi connectivity index (χ0) is 15.6. The number of aryl methyl sites for hydroxylation is 1. The summed E-state index contributed by atoms with van der Waals surface area (Å²) >= 11 is 7.19. The lowest BCUT2D eigenvalue weighted by molar-refractivity contribution is 0.398. The van der Waals surface area contributed by atoms with Gasteiger partial charge in [-0.25, -0.2) is 13.4 Å². The molecule has 2 rings (SSSR count). The molecule has 0 aliphatic carbocycles. The maximum absolute atomic E-state index is 12.5. The first-order valence-corrected chi connectivity index (χ1v) is 8.57. The molecule has 3 N–H and O–H groups in total. The Morgan fingerprint density at radius 3 is 2.71 bits per heavy atom. The van der Waals surface area contributed by atoms with E-state index in [1.165, 1.54) is 24.5 Å². The number of thiazole rings is 1. The number of halogens is 1. The second-order valence-electron chi connectivity index (χ2n) is 4.18. The number of sulfonamides is 1. The van der Waals surface area contributed by atoms with Gasteiger partial charge >= 0.3 is 0 Å². The van der Waals surface area contributed by atoms with Crippen LogP contribution in [0.1, 0.15) is 10.4 Å². The lowest BCUT2D eigenvalue weighted by Crippen LogP contribution is -2.15. The molecule has 6 nitrogen and oxygen atoms in total. The number of nitrogens with two attached hydrogens (primary N) is 1. The first kappa shape index (κ1) is 16.0. The number of aromatic nitrogens is 1. The summed E-state index contributed by atoms with van der Waals surface area (Å²) in [4.78, 5) is 4.81. The highest BCUT2D eigenvalue weighted by atomic mass is 35.5. The van der Waals surface area contributed by atoms with Crippen molar-refractivity contribution in [3.63, 3.8) is 0 Å². The molecule has 1 aromatic heterocycles. The molecular formula is C12H14ClN3O3S2. The van der Waals surface area contributed by atoms with Crippen LogP contribution < -0.4 is 15.2 Å². The minimum Gasteiger partial charge on any atom is -0.495 e. The molecular weight excluding hydrogens is 334 g/mol. The quantitative estimate of drug-likeness (QED) is 0.865. The molecule has 0 saturated carbocycles. The van der Waals surface area contributed by atoms with E-state index in [9.17, 15) is 8.42 Å². The lowest BCUT2D eigenvalue weighted by atomic mass is 10.2. The van der Waals surface area contributed by atoms with Crippen molar-refractivity contribution in [1.29, 1.82) is 0 Å². The van der Waals surface area contributed by atoms with Gasteiger partial charge in [0.2, 0.25) is 0 Å². The van der Waals surface area contributed by atoms with E-state index in [4.69, 9.17) is 22.1 Å². The molecule has 0 unspecified atom stereocenters. The molecule has 114 valence electrons. The molecule has 0 atom stereocenters. The van der Waals surface area contributed by atoms with Gasteiger partial charge in [-0.3, -0.25) is 4.72 Å². The van der Waals surface area contributed by atoms with Crippen LogP contribution in [-0.4, -0.2) is 20.5 Å². The third-order valence-corrected chi connectivity index (χ3v) is 5.17. The number of nitrogens with zero attached hydrogens (tertiary/aromatic N) is 1. The molecule has 0 fully saturated rings. The zero-order valence-electron chi connectivity index (χ0n) is 11.4. The number of rotatable bonds is 5. The molecule has 0 amide bonds. The van der Waals surface area contributed by atoms with Crippen molar-refractivity contribution in [1.82, 2.24) is 4.98 Å². The van der Waals surface area contributed by atoms with Crippen LogP contribution >= 0.6 is 22.9 Å². The molecule has 9 heteroatoms. The van der Waals surface area contributed by atoms with Crippen molar-refractivity contribution in [3.8, 4) is 5.75 Å². The molecule has 0 spiro atoms.